The number of carbonyl (C=O) groups is 2. The van der Waals surface area contributed by atoms with E-state index < -0.39 is 17.6 Å². The van der Waals surface area contributed by atoms with Crippen LogP contribution in [-0.4, -0.2) is 55.0 Å². The van der Waals surface area contributed by atoms with E-state index in [1.54, 1.807) is 36.3 Å². The highest BCUT2D eigenvalue weighted by atomic mass is 19.4. The number of piperazine rings is 1. The maximum atomic E-state index is 12.9. The number of alkyl halides is 3. The number of halogens is 3. The van der Waals surface area contributed by atoms with Crippen LogP contribution in [0, 0.1) is 0 Å². The number of amides is 3. The maximum Gasteiger partial charge on any atom is 0.416 e. The zero-order chi connectivity index (χ0) is 21.0. The van der Waals surface area contributed by atoms with Gasteiger partial charge in [-0.1, -0.05) is 6.07 Å². The number of anilines is 1. The van der Waals surface area contributed by atoms with Crippen LogP contribution in [0.15, 0.2) is 48.5 Å². The number of urea groups is 1. The molecule has 3 amide bonds. The van der Waals surface area contributed by atoms with Gasteiger partial charge in [0.2, 0.25) is 0 Å². The Balaban J connectivity index is 1.57. The van der Waals surface area contributed by atoms with Crippen LogP contribution >= 0.6 is 0 Å². The number of benzene rings is 2. The second kappa shape index (κ2) is 8.42. The summed E-state index contributed by atoms with van der Waals surface area (Å²) in [6.07, 6.45) is -4.51. The van der Waals surface area contributed by atoms with Crippen molar-refractivity contribution in [3.63, 3.8) is 0 Å². The molecule has 154 valence electrons. The summed E-state index contributed by atoms with van der Waals surface area (Å²) in [6.45, 7) is 1.05. The number of ether oxygens (including phenoxy) is 1. The van der Waals surface area contributed by atoms with Gasteiger partial charge in [-0.2, -0.15) is 13.2 Å². The van der Waals surface area contributed by atoms with Gasteiger partial charge in [-0.15, -0.1) is 0 Å². The van der Waals surface area contributed by atoms with Gasteiger partial charge >= 0.3 is 12.2 Å². The standard InChI is InChI=1S/C20H20F3N3O3/c1-29-17-7-5-16(6-8-17)24-19(28)26-11-9-25(10-12-26)18(27)14-3-2-4-15(13-14)20(21,22)23/h2-8,13H,9-12H2,1H3,(H,24,28). The monoisotopic (exact) mass is 407 g/mol. The molecule has 0 saturated carbocycles. The van der Waals surface area contributed by atoms with Crippen LogP contribution < -0.4 is 10.1 Å². The Bertz CT molecular complexity index is 877. The van der Waals surface area contributed by atoms with Crippen LogP contribution in [0.4, 0.5) is 23.7 Å². The fraction of sp³-hybridized carbons (Fsp3) is 0.300. The van der Waals surface area contributed by atoms with Crippen molar-refractivity contribution in [2.75, 3.05) is 38.6 Å². The molecule has 1 aliphatic rings. The number of hydrogen-bond donors (Lipinski definition) is 1. The molecule has 1 aliphatic heterocycles. The third-order valence-electron chi connectivity index (χ3n) is 4.63. The Morgan fingerprint density at radius 2 is 1.59 bits per heavy atom. The summed E-state index contributed by atoms with van der Waals surface area (Å²) in [6, 6.07) is 10.9. The highest BCUT2D eigenvalue weighted by molar-refractivity contribution is 5.95. The van der Waals surface area contributed by atoms with Gasteiger partial charge in [-0.25, -0.2) is 4.79 Å². The van der Waals surface area contributed by atoms with Crippen molar-refractivity contribution in [1.82, 2.24) is 9.80 Å². The summed E-state index contributed by atoms with van der Waals surface area (Å²) < 4.78 is 43.6. The van der Waals surface area contributed by atoms with Crippen molar-refractivity contribution in [2.24, 2.45) is 0 Å². The minimum Gasteiger partial charge on any atom is -0.497 e. The Morgan fingerprint density at radius 1 is 0.966 bits per heavy atom. The first-order valence-corrected chi connectivity index (χ1v) is 8.94. The molecule has 0 aliphatic carbocycles. The molecule has 0 unspecified atom stereocenters. The minimum atomic E-state index is -4.51. The molecule has 1 fully saturated rings. The lowest BCUT2D eigenvalue weighted by atomic mass is 10.1. The first-order chi connectivity index (χ1) is 13.8. The Kier molecular flexibility index (Phi) is 5.95. The first-order valence-electron chi connectivity index (χ1n) is 8.94. The van der Waals surface area contributed by atoms with Crippen molar-refractivity contribution < 1.29 is 27.5 Å². The van der Waals surface area contributed by atoms with E-state index in [0.717, 1.165) is 12.1 Å². The molecular weight excluding hydrogens is 387 g/mol. The van der Waals surface area contributed by atoms with Crippen molar-refractivity contribution in [3.05, 3.63) is 59.7 Å². The SMILES string of the molecule is COc1ccc(NC(=O)N2CCN(C(=O)c3cccc(C(F)(F)F)c3)CC2)cc1. The summed E-state index contributed by atoms with van der Waals surface area (Å²) in [5.41, 5.74) is -0.268. The van der Waals surface area contributed by atoms with E-state index in [2.05, 4.69) is 5.32 Å². The molecule has 3 rings (SSSR count). The average Bonchev–Trinajstić information content (AvgIpc) is 2.73. The number of rotatable bonds is 3. The molecule has 1 saturated heterocycles. The molecule has 6 nitrogen and oxygen atoms in total. The van der Waals surface area contributed by atoms with Gasteiger partial charge in [0.25, 0.3) is 5.91 Å². The van der Waals surface area contributed by atoms with Crippen LogP contribution in [0.3, 0.4) is 0 Å². The number of carbonyl (C=O) groups excluding carboxylic acids is 2. The van der Waals surface area contributed by atoms with E-state index in [1.165, 1.54) is 17.0 Å². The predicted octanol–water partition coefficient (Wildman–Crippen LogP) is 3.70. The molecule has 0 atom stereocenters. The van der Waals surface area contributed by atoms with Gasteiger partial charge < -0.3 is 19.9 Å². The largest absolute Gasteiger partial charge is 0.497 e. The summed E-state index contributed by atoms with van der Waals surface area (Å²) in [5, 5.41) is 2.77. The zero-order valence-electron chi connectivity index (χ0n) is 15.7. The van der Waals surface area contributed by atoms with E-state index in [9.17, 15) is 22.8 Å². The third kappa shape index (κ3) is 4.98. The lowest BCUT2D eigenvalue weighted by Crippen LogP contribution is -2.51. The Labute approximate surface area is 165 Å². The van der Waals surface area contributed by atoms with E-state index >= 15 is 0 Å². The van der Waals surface area contributed by atoms with Crippen molar-refractivity contribution >= 4 is 17.6 Å². The first kappa shape index (κ1) is 20.5. The Hall–Kier alpha value is -3.23. The smallest absolute Gasteiger partial charge is 0.416 e. The fourth-order valence-corrected chi connectivity index (χ4v) is 3.00. The maximum absolute atomic E-state index is 12.9. The second-order valence-electron chi connectivity index (χ2n) is 6.52. The number of nitrogens with one attached hydrogen (secondary N) is 1. The van der Waals surface area contributed by atoms with E-state index in [0.29, 0.717) is 11.4 Å². The number of nitrogens with zero attached hydrogens (tertiary/aromatic N) is 2. The van der Waals surface area contributed by atoms with Crippen LogP contribution in [0.1, 0.15) is 15.9 Å². The highest BCUT2D eigenvalue weighted by Crippen LogP contribution is 2.29. The quantitative estimate of drug-likeness (QED) is 0.844. The minimum absolute atomic E-state index is 0.0176. The molecule has 9 heteroatoms. The van der Waals surface area contributed by atoms with Gasteiger partial charge in [-0.05, 0) is 42.5 Å². The summed E-state index contributed by atoms with van der Waals surface area (Å²) in [7, 11) is 1.55. The predicted molar refractivity (Wildman–Crippen MR) is 101 cm³/mol. The third-order valence-corrected chi connectivity index (χ3v) is 4.63. The van der Waals surface area contributed by atoms with Gasteiger partial charge in [0.15, 0.2) is 0 Å². The van der Waals surface area contributed by atoms with Crippen molar-refractivity contribution in [3.8, 4) is 5.75 Å². The molecule has 1 heterocycles. The molecule has 0 spiro atoms. The molecule has 2 aromatic carbocycles. The lowest BCUT2D eigenvalue weighted by Gasteiger charge is -2.34. The Morgan fingerprint density at radius 3 is 2.17 bits per heavy atom. The number of hydrogen-bond acceptors (Lipinski definition) is 3. The fourth-order valence-electron chi connectivity index (χ4n) is 3.00. The van der Waals surface area contributed by atoms with E-state index in [1.807, 2.05) is 0 Å². The summed E-state index contributed by atoms with van der Waals surface area (Å²) in [4.78, 5) is 27.9. The molecule has 0 radical (unpaired) electrons. The van der Waals surface area contributed by atoms with E-state index in [4.69, 9.17) is 4.74 Å². The van der Waals surface area contributed by atoms with Crippen LogP contribution in [-0.2, 0) is 6.18 Å². The average molecular weight is 407 g/mol. The van der Waals surface area contributed by atoms with Gasteiger partial charge in [0.1, 0.15) is 5.75 Å². The normalized spacial score (nSPS) is 14.5. The molecule has 0 aromatic heterocycles. The highest BCUT2D eigenvalue weighted by Gasteiger charge is 2.32. The molecule has 2 aromatic rings. The topological polar surface area (TPSA) is 61.9 Å². The number of methoxy groups -OCH3 is 1. The molecule has 0 bridgehead atoms. The molecular formula is C20H20F3N3O3. The van der Waals surface area contributed by atoms with Crippen LogP contribution in [0.2, 0.25) is 0 Å². The lowest BCUT2D eigenvalue weighted by molar-refractivity contribution is -0.137. The van der Waals surface area contributed by atoms with Crippen molar-refractivity contribution in [1.29, 1.82) is 0 Å². The van der Waals surface area contributed by atoms with E-state index in [-0.39, 0.29) is 37.8 Å². The second-order valence-corrected chi connectivity index (χ2v) is 6.52. The van der Waals surface area contributed by atoms with Gasteiger partial charge in [0.05, 0.1) is 12.7 Å². The van der Waals surface area contributed by atoms with Crippen molar-refractivity contribution in [2.45, 2.75) is 6.18 Å². The summed E-state index contributed by atoms with van der Waals surface area (Å²) in [5.74, 6) is 0.191. The zero-order valence-corrected chi connectivity index (χ0v) is 15.7. The van der Waals surface area contributed by atoms with Crippen LogP contribution in [0.5, 0.6) is 5.75 Å². The summed E-state index contributed by atoms with van der Waals surface area (Å²) >= 11 is 0. The van der Waals surface area contributed by atoms with Gasteiger partial charge in [-0.3, -0.25) is 4.79 Å². The molecule has 29 heavy (non-hydrogen) atoms. The molecule has 1 N–H and O–H groups in total. The van der Waals surface area contributed by atoms with Crippen LogP contribution in [0.25, 0.3) is 0 Å². The van der Waals surface area contributed by atoms with Gasteiger partial charge in [0, 0.05) is 37.4 Å².